The minimum atomic E-state index is -4.42. The fourth-order valence-corrected chi connectivity index (χ4v) is 3.20. The van der Waals surface area contributed by atoms with E-state index >= 15 is 0 Å². The van der Waals surface area contributed by atoms with Crippen LogP contribution in [0.15, 0.2) is 53.1 Å². The molecule has 2 heterocycles. The Labute approximate surface area is 164 Å². The van der Waals surface area contributed by atoms with E-state index in [1.54, 1.807) is 17.9 Å². The van der Waals surface area contributed by atoms with E-state index in [-0.39, 0.29) is 6.54 Å². The molecule has 0 spiro atoms. The van der Waals surface area contributed by atoms with Crippen molar-refractivity contribution in [1.82, 2.24) is 25.4 Å². The van der Waals surface area contributed by atoms with E-state index in [0.717, 1.165) is 34.4 Å². The molecule has 1 aromatic carbocycles. The molecule has 3 rings (SSSR count). The first-order chi connectivity index (χ1) is 13.5. The zero-order chi connectivity index (χ0) is 20.0. The van der Waals surface area contributed by atoms with Gasteiger partial charge in [0.25, 0.3) is 0 Å². The highest BCUT2D eigenvalue weighted by molar-refractivity contribution is 7.09. The van der Waals surface area contributed by atoms with Crippen molar-refractivity contribution in [3.8, 4) is 5.69 Å². The van der Waals surface area contributed by atoms with Gasteiger partial charge in [0.05, 0.1) is 12.2 Å². The van der Waals surface area contributed by atoms with E-state index in [0.29, 0.717) is 17.5 Å². The van der Waals surface area contributed by atoms with E-state index in [2.05, 4.69) is 25.7 Å². The first-order valence-electron chi connectivity index (χ1n) is 8.51. The highest BCUT2D eigenvalue weighted by Crippen LogP contribution is 2.29. The van der Waals surface area contributed by atoms with Gasteiger partial charge in [-0.2, -0.15) is 18.3 Å². The summed E-state index contributed by atoms with van der Waals surface area (Å²) in [6.07, 6.45) is -0.0321. The van der Waals surface area contributed by atoms with Crippen LogP contribution >= 0.6 is 11.3 Å². The zero-order valence-corrected chi connectivity index (χ0v) is 15.9. The molecule has 0 bridgehead atoms. The van der Waals surface area contributed by atoms with Gasteiger partial charge in [-0.3, -0.25) is 4.99 Å². The molecule has 0 amide bonds. The Bertz CT molecular complexity index is 900. The van der Waals surface area contributed by atoms with Crippen molar-refractivity contribution < 1.29 is 13.2 Å². The third-order valence-corrected chi connectivity index (χ3v) is 4.73. The van der Waals surface area contributed by atoms with E-state index in [1.165, 1.54) is 0 Å². The van der Waals surface area contributed by atoms with Crippen LogP contribution in [0.25, 0.3) is 5.69 Å². The quantitative estimate of drug-likeness (QED) is 0.485. The molecule has 0 fully saturated rings. The monoisotopic (exact) mass is 408 g/mol. The average Bonchev–Trinajstić information content (AvgIpc) is 3.36. The molecule has 0 saturated heterocycles. The van der Waals surface area contributed by atoms with Gasteiger partial charge in [0.15, 0.2) is 11.7 Å². The molecule has 6 nitrogen and oxygen atoms in total. The van der Waals surface area contributed by atoms with Gasteiger partial charge in [0, 0.05) is 31.4 Å². The minimum absolute atomic E-state index is 0.180. The number of nitrogens with zero attached hydrogens (tertiary/aromatic N) is 4. The van der Waals surface area contributed by atoms with Gasteiger partial charge in [-0.25, -0.2) is 9.67 Å². The number of benzene rings is 1. The van der Waals surface area contributed by atoms with Crippen LogP contribution in [0, 0.1) is 0 Å². The highest BCUT2D eigenvalue weighted by Gasteiger charge is 2.33. The third-order valence-electron chi connectivity index (χ3n) is 3.88. The Morgan fingerprint density at radius 2 is 2.00 bits per heavy atom. The SMILES string of the molecule is CN=C(NCCc1ccc(-n2cccn2)cc1)NCc1nc(C(F)(F)F)cs1. The van der Waals surface area contributed by atoms with Crippen LogP contribution < -0.4 is 10.6 Å². The van der Waals surface area contributed by atoms with Crippen molar-refractivity contribution in [2.75, 3.05) is 13.6 Å². The standard InChI is InChI=1S/C18H19F3N6S/c1-22-17(24-11-16-26-15(12-28-16)18(19,20)21)23-9-7-13-3-5-14(6-4-13)27-10-2-8-25-27/h2-6,8,10,12H,7,9,11H2,1H3,(H2,22,23,24). The predicted octanol–water partition coefficient (Wildman–Crippen LogP) is 3.26. The van der Waals surface area contributed by atoms with Crippen LogP contribution in [0.1, 0.15) is 16.3 Å². The summed E-state index contributed by atoms with van der Waals surface area (Å²) in [6, 6.07) is 9.92. The molecule has 148 valence electrons. The number of halogens is 3. The Morgan fingerprint density at radius 3 is 2.61 bits per heavy atom. The van der Waals surface area contributed by atoms with Crippen LogP contribution in [-0.4, -0.2) is 34.3 Å². The van der Waals surface area contributed by atoms with Gasteiger partial charge in [0.2, 0.25) is 0 Å². The van der Waals surface area contributed by atoms with Crippen molar-refractivity contribution in [2.24, 2.45) is 4.99 Å². The number of aliphatic imine (C=N–C) groups is 1. The largest absolute Gasteiger partial charge is 0.434 e. The molecule has 0 saturated carbocycles. The van der Waals surface area contributed by atoms with Crippen molar-refractivity contribution >= 4 is 17.3 Å². The van der Waals surface area contributed by atoms with Gasteiger partial charge in [-0.1, -0.05) is 12.1 Å². The predicted molar refractivity (Wildman–Crippen MR) is 103 cm³/mol. The van der Waals surface area contributed by atoms with E-state index < -0.39 is 11.9 Å². The summed E-state index contributed by atoms with van der Waals surface area (Å²) in [5, 5.41) is 11.7. The third kappa shape index (κ3) is 5.32. The number of alkyl halides is 3. The number of nitrogens with one attached hydrogen (secondary N) is 2. The fraction of sp³-hybridized carbons (Fsp3) is 0.278. The lowest BCUT2D eigenvalue weighted by molar-refractivity contribution is -0.140. The van der Waals surface area contributed by atoms with Crippen LogP contribution in [-0.2, 0) is 19.1 Å². The second kappa shape index (κ2) is 8.87. The molecule has 0 radical (unpaired) electrons. The first-order valence-corrected chi connectivity index (χ1v) is 9.39. The molecular formula is C18H19F3N6S. The minimum Gasteiger partial charge on any atom is -0.356 e. The molecular weight excluding hydrogens is 389 g/mol. The molecule has 3 aromatic rings. The van der Waals surface area contributed by atoms with E-state index in [1.807, 2.05) is 36.5 Å². The molecule has 28 heavy (non-hydrogen) atoms. The maximum absolute atomic E-state index is 12.6. The normalized spacial score (nSPS) is 12.2. The number of rotatable bonds is 6. The maximum Gasteiger partial charge on any atom is 0.434 e. The number of hydrogen-bond acceptors (Lipinski definition) is 4. The first kappa shape index (κ1) is 19.9. The molecule has 0 aliphatic rings. The van der Waals surface area contributed by atoms with Gasteiger partial charge < -0.3 is 10.6 Å². The van der Waals surface area contributed by atoms with Crippen molar-refractivity contribution in [2.45, 2.75) is 19.1 Å². The Morgan fingerprint density at radius 1 is 1.21 bits per heavy atom. The summed E-state index contributed by atoms with van der Waals surface area (Å²) in [5.41, 5.74) is 1.27. The number of thiazole rings is 1. The fourth-order valence-electron chi connectivity index (χ4n) is 2.46. The Hall–Kier alpha value is -2.88. The van der Waals surface area contributed by atoms with Crippen molar-refractivity contribution in [3.05, 3.63) is 64.4 Å². The van der Waals surface area contributed by atoms with Crippen LogP contribution in [0.4, 0.5) is 13.2 Å². The molecule has 2 aromatic heterocycles. The molecule has 10 heteroatoms. The van der Waals surface area contributed by atoms with Gasteiger partial charge >= 0.3 is 6.18 Å². The highest BCUT2D eigenvalue weighted by atomic mass is 32.1. The summed E-state index contributed by atoms with van der Waals surface area (Å²) >= 11 is 0.966. The van der Waals surface area contributed by atoms with Crippen molar-refractivity contribution in [1.29, 1.82) is 0 Å². The van der Waals surface area contributed by atoms with Gasteiger partial charge in [-0.15, -0.1) is 11.3 Å². The molecule has 0 aliphatic carbocycles. The van der Waals surface area contributed by atoms with Crippen LogP contribution in [0.3, 0.4) is 0 Å². The van der Waals surface area contributed by atoms with Crippen LogP contribution in [0.5, 0.6) is 0 Å². The maximum atomic E-state index is 12.6. The Kier molecular flexibility index (Phi) is 6.30. The molecule has 0 atom stereocenters. The summed E-state index contributed by atoms with van der Waals surface area (Å²) < 4.78 is 39.5. The second-order valence-electron chi connectivity index (χ2n) is 5.84. The topological polar surface area (TPSA) is 67.1 Å². The Balaban J connectivity index is 1.45. The lowest BCUT2D eigenvalue weighted by Crippen LogP contribution is -2.37. The number of guanidine groups is 1. The van der Waals surface area contributed by atoms with E-state index in [9.17, 15) is 13.2 Å². The average molecular weight is 408 g/mol. The van der Waals surface area contributed by atoms with E-state index in [4.69, 9.17) is 0 Å². The smallest absolute Gasteiger partial charge is 0.356 e. The zero-order valence-electron chi connectivity index (χ0n) is 15.1. The molecule has 0 unspecified atom stereocenters. The summed E-state index contributed by atoms with van der Waals surface area (Å²) in [6.45, 7) is 0.811. The van der Waals surface area contributed by atoms with Crippen molar-refractivity contribution in [3.63, 3.8) is 0 Å². The number of hydrogen-bond donors (Lipinski definition) is 2. The van der Waals surface area contributed by atoms with Gasteiger partial charge in [-0.05, 0) is 30.2 Å². The van der Waals surface area contributed by atoms with Crippen LogP contribution in [0.2, 0.25) is 0 Å². The molecule has 2 N–H and O–H groups in total. The number of aromatic nitrogens is 3. The summed E-state index contributed by atoms with van der Waals surface area (Å²) in [4.78, 5) is 7.66. The summed E-state index contributed by atoms with van der Waals surface area (Å²) in [5.74, 6) is 0.511. The lowest BCUT2D eigenvalue weighted by atomic mass is 10.1. The van der Waals surface area contributed by atoms with Gasteiger partial charge in [0.1, 0.15) is 5.01 Å². The second-order valence-corrected chi connectivity index (χ2v) is 6.79. The lowest BCUT2D eigenvalue weighted by Gasteiger charge is -2.11. The summed E-state index contributed by atoms with van der Waals surface area (Å²) in [7, 11) is 1.61. The molecule has 0 aliphatic heterocycles.